The molecule has 1 amide bonds. The molecule has 0 aliphatic carbocycles. The van der Waals surface area contributed by atoms with E-state index in [9.17, 15) is 9.59 Å². The minimum atomic E-state index is -0.386. The molecule has 2 heterocycles. The van der Waals surface area contributed by atoms with Gasteiger partial charge in [0.2, 0.25) is 0 Å². The molecule has 1 N–H and O–H groups in total. The van der Waals surface area contributed by atoms with E-state index in [4.69, 9.17) is 0 Å². The molecule has 0 bridgehead atoms. The van der Waals surface area contributed by atoms with E-state index < -0.39 is 0 Å². The van der Waals surface area contributed by atoms with Crippen molar-refractivity contribution in [2.45, 2.75) is 26.8 Å². The van der Waals surface area contributed by atoms with Gasteiger partial charge in [-0.25, -0.2) is 9.36 Å². The number of carbonyl (C=O) groups excluding carboxylic acids is 1. The van der Waals surface area contributed by atoms with Gasteiger partial charge >= 0.3 is 0 Å². The van der Waals surface area contributed by atoms with Gasteiger partial charge in [0, 0.05) is 17.6 Å². The van der Waals surface area contributed by atoms with E-state index in [1.165, 1.54) is 15.7 Å². The van der Waals surface area contributed by atoms with E-state index in [0.717, 1.165) is 17.7 Å². The third-order valence-electron chi connectivity index (χ3n) is 4.67. The third-order valence-corrected chi connectivity index (χ3v) is 4.67. The van der Waals surface area contributed by atoms with E-state index in [0.29, 0.717) is 23.0 Å². The Morgan fingerprint density at radius 3 is 2.62 bits per heavy atom. The molecule has 0 unspecified atom stereocenters. The maximum Gasteiger partial charge on any atom is 0.276 e. The first-order valence-corrected chi connectivity index (χ1v) is 9.24. The molecule has 0 spiro atoms. The molecule has 0 saturated heterocycles. The van der Waals surface area contributed by atoms with Crippen molar-refractivity contribution in [3.8, 4) is 5.69 Å². The molecule has 2 aromatic carbocycles. The molecular formula is C20H19N7O2. The topological polar surface area (TPSA) is 108 Å². The molecule has 0 atom stereocenters. The lowest BCUT2D eigenvalue weighted by Gasteiger charge is -2.13. The average Bonchev–Trinajstić information content (AvgIpc) is 3.26. The number of fused-ring (bicyclic) bond motifs is 1. The number of amides is 1. The van der Waals surface area contributed by atoms with Crippen LogP contribution >= 0.6 is 0 Å². The van der Waals surface area contributed by atoms with E-state index >= 15 is 0 Å². The normalized spacial score (nSPS) is 11.0. The maximum atomic E-state index is 13.1. The van der Waals surface area contributed by atoms with Crippen molar-refractivity contribution in [3.05, 3.63) is 70.4 Å². The molecule has 0 aliphatic rings. The van der Waals surface area contributed by atoms with Crippen LogP contribution in [0.3, 0.4) is 0 Å². The van der Waals surface area contributed by atoms with Crippen LogP contribution in [-0.4, -0.2) is 35.9 Å². The van der Waals surface area contributed by atoms with Gasteiger partial charge in [0.15, 0.2) is 5.69 Å². The Balaban J connectivity index is 1.77. The Bertz CT molecular complexity index is 1250. The zero-order valence-electron chi connectivity index (χ0n) is 16.0. The lowest BCUT2D eigenvalue weighted by atomic mass is 10.1. The molecule has 0 saturated carbocycles. The number of nitrogens with one attached hydrogen (secondary N) is 1. The summed E-state index contributed by atoms with van der Waals surface area (Å²) in [6.45, 7) is 4.27. The van der Waals surface area contributed by atoms with Crippen molar-refractivity contribution in [1.82, 2.24) is 30.0 Å². The zero-order chi connectivity index (χ0) is 20.4. The minimum absolute atomic E-state index is 0.198. The van der Waals surface area contributed by atoms with Crippen LogP contribution in [0.25, 0.3) is 16.5 Å². The van der Waals surface area contributed by atoms with Crippen LogP contribution in [0, 0.1) is 6.92 Å². The smallest absolute Gasteiger partial charge is 0.276 e. The Kier molecular flexibility index (Phi) is 4.86. The summed E-state index contributed by atoms with van der Waals surface area (Å²) in [4.78, 5) is 25.7. The highest BCUT2D eigenvalue weighted by Crippen LogP contribution is 2.23. The van der Waals surface area contributed by atoms with Gasteiger partial charge in [0.05, 0.1) is 11.1 Å². The lowest BCUT2D eigenvalue weighted by molar-refractivity contribution is 0.102. The molecule has 146 valence electrons. The number of tetrazole rings is 1. The van der Waals surface area contributed by atoms with Crippen LogP contribution in [0.1, 0.15) is 29.4 Å². The first-order valence-electron chi connectivity index (χ1n) is 9.24. The summed E-state index contributed by atoms with van der Waals surface area (Å²) < 4.78 is 2.88. The van der Waals surface area contributed by atoms with Crippen molar-refractivity contribution in [2.75, 3.05) is 5.32 Å². The Morgan fingerprint density at radius 2 is 1.90 bits per heavy atom. The lowest BCUT2D eigenvalue weighted by Crippen LogP contribution is -2.27. The minimum Gasteiger partial charge on any atom is -0.320 e. The van der Waals surface area contributed by atoms with Gasteiger partial charge in [0.1, 0.15) is 6.33 Å². The van der Waals surface area contributed by atoms with Crippen LogP contribution in [0.15, 0.2) is 53.6 Å². The monoisotopic (exact) mass is 389 g/mol. The van der Waals surface area contributed by atoms with Crippen LogP contribution in [-0.2, 0) is 6.54 Å². The van der Waals surface area contributed by atoms with Crippen LogP contribution in [0.5, 0.6) is 0 Å². The summed E-state index contributed by atoms with van der Waals surface area (Å²) in [7, 11) is 0. The summed E-state index contributed by atoms with van der Waals surface area (Å²) in [6.07, 6.45) is 2.23. The maximum absolute atomic E-state index is 13.1. The first kappa shape index (κ1) is 18.5. The standard InChI is InChI=1S/C20H19N7O2/c1-3-11-26-20(29)15-8-5-4-7-14(15)18(23-26)19(28)22-16-9-6-10-17(13(16)2)27-12-21-24-25-27/h4-10,12H,3,11H2,1-2H3,(H,22,28). The van der Waals surface area contributed by atoms with Gasteiger partial charge in [0.25, 0.3) is 11.5 Å². The average molecular weight is 389 g/mol. The number of aryl methyl sites for hydroxylation is 1. The summed E-state index contributed by atoms with van der Waals surface area (Å²) >= 11 is 0. The highest BCUT2D eigenvalue weighted by Gasteiger charge is 2.18. The van der Waals surface area contributed by atoms with E-state index in [-0.39, 0.29) is 17.2 Å². The molecule has 0 fully saturated rings. The van der Waals surface area contributed by atoms with Gasteiger partial charge in [-0.1, -0.05) is 31.2 Å². The van der Waals surface area contributed by atoms with Gasteiger partial charge in [-0.2, -0.15) is 5.10 Å². The second-order valence-corrected chi connectivity index (χ2v) is 6.58. The van der Waals surface area contributed by atoms with Gasteiger partial charge in [-0.3, -0.25) is 9.59 Å². The summed E-state index contributed by atoms with van der Waals surface area (Å²) in [5, 5.41) is 19.5. The Labute approximate surface area is 166 Å². The quantitative estimate of drug-likeness (QED) is 0.561. The van der Waals surface area contributed by atoms with Crippen molar-refractivity contribution in [1.29, 1.82) is 0 Å². The van der Waals surface area contributed by atoms with Crippen LogP contribution in [0.4, 0.5) is 5.69 Å². The number of carbonyl (C=O) groups is 1. The van der Waals surface area contributed by atoms with Gasteiger partial charge in [-0.05, 0) is 47.5 Å². The number of hydrogen-bond donors (Lipinski definition) is 1. The molecular weight excluding hydrogens is 370 g/mol. The fourth-order valence-electron chi connectivity index (χ4n) is 3.23. The first-order chi connectivity index (χ1) is 14.1. The number of aromatic nitrogens is 6. The SMILES string of the molecule is CCCn1nc(C(=O)Nc2cccc(-n3cnnn3)c2C)c2ccccc2c1=O. The van der Waals surface area contributed by atoms with Crippen molar-refractivity contribution < 1.29 is 4.79 Å². The molecule has 9 heteroatoms. The molecule has 2 aromatic heterocycles. The number of anilines is 1. The Hall–Kier alpha value is -3.88. The van der Waals surface area contributed by atoms with Gasteiger partial charge in [-0.15, -0.1) is 5.10 Å². The zero-order valence-corrected chi connectivity index (χ0v) is 16.0. The molecule has 4 rings (SSSR count). The highest BCUT2D eigenvalue weighted by atomic mass is 16.2. The fourth-order valence-corrected chi connectivity index (χ4v) is 3.23. The van der Waals surface area contributed by atoms with E-state index in [1.54, 1.807) is 30.3 Å². The van der Waals surface area contributed by atoms with Crippen LogP contribution in [0.2, 0.25) is 0 Å². The molecule has 9 nitrogen and oxygen atoms in total. The summed E-state index contributed by atoms with van der Waals surface area (Å²) in [5.41, 5.74) is 2.18. The number of rotatable bonds is 5. The number of hydrogen-bond acceptors (Lipinski definition) is 6. The number of benzene rings is 2. The van der Waals surface area contributed by atoms with E-state index in [2.05, 4.69) is 25.9 Å². The summed E-state index contributed by atoms with van der Waals surface area (Å²) in [6, 6.07) is 12.5. The second kappa shape index (κ2) is 7.63. The highest BCUT2D eigenvalue weighted by molar-refractivity contribution is 6.11. The van der Waals surface area contributed by atoms with E-state index in [1.807, 2.05) is 26.0 Å². The Morgan fingerprint density at radius 1 is 1.10 bits per heavy atom. The number of nitrogens with zero attached hydrogens (tertiary/aromatic N) is 6. The van der Waals surface area contributed by atoms with Crippen molar-refractivity contribution in [2.24, 2.45) is 0 Å². The summed E-state index contributed by atoms with van der Waals surface area (Å²) in [5.74, 6) is -0.386. The third kappa shape index (κ3) is 3.38. The predicted molar refractivity (Wildman–Crippen MR) is 108 cm³/mol. The van der Waals surface area contributed by atoms with Crippen molar-refractivity contribution >= 4 is 22.4 Å². The molecule has 4 aromatic rings. The fraction of sp³-hybridized carbons (Fsp3) is 0.200. The second-order valence-electron chi connectivity index (χ2n) is 6.58. The predicted octanol–water partition coefficient (Wildman–Crippen LogP) is 2.34. The van der Waals surface area contributed by atoms with Crippen molar-refractivity contribution in [3.63, 3.8) is 0 Å². The largest absolute Gasteiger partial charge is 0.320 e. The molecule has 0 radical (unpaired) electrons. The van der Waals surface area contributed by atoms with Gasteiger partial charge < -0.3 is 5.32 Å². The van der Waals surface area contributed by atoms with Crippen LogP contribution < -0.4 is 10.9 Å². The molecule has 0 aliphatic heterocycles. The molecule has 29 heavy (non-hydrogen) atoms.